The first kappa shape index (κ1) is 23.0. The van der Waals surface area contributed by atoms with Gasteiger partial charge < -0.3 is 4.74 Å². The zero-order valence-electron chi connectivity index (χ0n) is 17.9. The lowest BCUT2D eigenvalue weighted by Gasteiger charge is -2.44. The van der Waals surface area contributed by atoms with Crippen molar-refractivity contribution in [3.8, 4) is 0 Å². The van der Waals surface area contributed by atoms with Gasteiger partial charge in [0.15, 0.2) is 6.10 Å². The van der Waals surface area contributed by atoms with Gasteiger partial charge in [-0.05, 0) is 92.4 Å². The van der Waals surface area contributed by atoms with E-state index in [1.807, 2.05) is 13.8 Å². The Bertz CT molecular complexity index is 443. The lowest BCUT2D eigenvalue weighted by molar-refractivity contribution is -0.246. The van der Waals surface area contributed by atoms with Crippen molar-refractivity contribution in [2.75, 3.05) is 32.8 Å². The molecule has 2 saturated heterocycles. The van der Waals surface area contributed by atoms with Crippen molar-refractivity contribution >= 4 is 0 Å². The first-order valence-corrected chi connectivity index (χ1v) is 10.6. The number of rotatable bonds is 5. The van der Waals surface area contributed by atoms with E-state index in [-0.39, 0.29) is 17.7 Å². The van der Waals surface area contributed by atoms with Crippen molar-refractivity contribution in [1.82, 2.24) is 9.80 Å². The maximum absolute atomic E-state index is 13.8. The van der Waals surface area contributed by atoms with E-state index in [0.717, 1.165) is 25.9 Å². The summed E-state index contributed by atoms with van der Waals surface area (Å²) in [5, 5.41) is 0. The van der Waals surface area contributed by atoms with Crippen LogP contribution in [-0.4, -0.2) is 65.9 Å². The predicted octanol–water partition coefficient (Wildman–Crippen LogP) is 5.10. The Labute approximate surface area is 163 Å². The number of piperidine rings is 1. The van der Waals surface area contributed by atoms with E-state index in [9.17, 15) is 13.2 Å². The average Bonchev–Trinajstić information content (AvgIpc) is 2.83. The Morgan fingerprint density at radius 2 is 1.33 bits per heavy atom. The van der Waals surface area contributed by atoms with Gasteiger partial charge in [0.2, 0.25) is 0 Å². The maximum atomic E-state index is 13.8. The lowest BCUT2D eigenvalue weighted by atomic mass is 9.88. The van der Waals surface area contributed by atoms with Crippen LogP contribution in [0.2, 0.25) is 0 Å². The Morgan fingerprint density at radius 1 is 0.815 bits per heavy atom. The maximum Gasteiger partial charge on any atom is 0.414 e. The summed E-state index contributed by atoms with van der Waals surface area (Å²) in [6.45, 7) is 13.9. The minimum absolute atomic E-state index is 0.00825. The molecule has 6 heteroatoms. The number of likely N-dealkylation sites (tertiary alicyclic amines) is 2. The first-order valence-electron chi connectivity index (χ1n) is 10.6. The van der Waals surface area contributed by atoms with E-state index in [1.54, 1.807) is 0 Å². The van der Waals surface area contributed by atoms with E-state index >= 15 is 0 Å². The van der Waals surface area contributed by atoms with Crippen LogP contribution in [-0.2, 0) is 4.74 Å². The highest BCUT2D eigenvalue weighted by Crippen LogP contribution is 2.36. The molecule has 0 amide bonds. The molecule has 0 bridgehead atoms. The summed E-state index contributed by atoms with van der Waals surface area (Å²) < 4.78 is 46.9. The monoisotopic (exact) mass is 392 g/mol. The summed E-state index contributed by atoms with van der Waals surface area (Å²) in [5.41, 5.74) is -0.353. The van der Waals surface area contributed by atoms with Crippen molar-refractivity contribution in [3.63, 3.8) is 0 Å². The number of ether oxygens (including phenoxy) is 1. The molecule has 2 heterocycles. The van der Waals surface area contributed by atoms with Crippen LogP contribution in [0.1, 0.15) is 73.1 Å². The van der Waals surface area contributed by atoms with Gasteiger partial charge in [0.1, 0.15) is 0 Å². The molecule has 0 saturated carbocycles. The molecule has 0 spiro atoms. The fraction of sp³-hybridized carbons (Fsp3) is 1.00. The number of hydrogen-bond donors (Lipinski definition) is 0. The molecule has 2 rings (SSSR count). The minimum Gasteiger partial charge on any atom is -0.367 e. The fourth-order valence-corrected chi connectivity index (χ4v) is 4.43. The molecular formula is C21H39F3N2O. The average molecular weight is 393 g/mol. The van der Waals surface area contributed by atoms with Crippen LogP contribution in [0.15, 0.2) is 0 Å². The second-order valence-electron chi connectivity index (χ2n) is 9.98. The standard InChI is InChI=1S/C21H39F3N2O/c1-19(2,3)25-14-10-17(11-15-25)18(21(22,23)24)27-16-20(4,5)26-12-8-6-7-9-13-26/h17-18H,6-16H2,1-5H3. The van der Waals surface area contributed by atoms with Crippen LogP contribution in [0.4, 0.5) is 13.2 Å². The third-order valence-electron chi connectivity index (χ3n) is 6.32. The molecule has 27 heavy (non-hydrogen) atoms. The SMILES string of the molecule is CC(C)(C)N1CCC(C(OCC(C)(C)N2CCCCCC2)C(F)(F)F)CC1. The largest absolute Gasteiger partial charge is 0.414 e. The molecule has 3 nitrogen and oxygen atoms in total. The summed E-state index contributed by atoms with van der Waals surface area (Å²) in [6.07, 6.45) is -0.184. The van der Waals surface area contributed by atoms with E-state index in [2.05, 4.69) is 30.6 Å². The van der Waals surface area contributed by atoms with Crippen LogP contribution in [0.25, 0.3) is 0 Å². The van der Waals surface area contributed by atoms with Gasteiger partial charge in [0.25, 0.3) is 0 Å². The third-order valence-corrected chi connectivity index (χ3v) is 6.32. The van der Waals surface area contributed by atoms with Gasteiger partial charge in [-0.15, -0.1) is 0 Å². The fourth-order valence-electron chi connectivity index (χ4n) is 4.43. The summed E-state index contributed by atoms with van der Waals surface area (Å²) in [7, 11) is 0. The molecule has 0 aromatic carbocycles. The van der Waals surface area contributed by atoms with Crippen LogP contribution in [0.3, 0.4) is 0 Å². The Balaban J connectivity index is 1.97. The van der Waals surface area contributed by atoms with Crippen molar-refractivity contribution in [1.29, 1.82) is 0 Å². The van der Waals surface area contributed by atoms with Gasteiger partial charge in [-0.1, -0.05) is 12.8 Å². The number of nitrogens with zero attached hydrogens (tertiary/aromatic N) is 2. The van der Waals surface area contributed by atoms with Gasteiger partial charge in [-0.3, -0.25) is 9.80 Å². The van der Waals surface area contributed by atoms with Gasteiger partial charge in [0, 0.05) is 11.1 Å². The van der Waals surface area contributed by atoms with Crippen molar-refractivity contribution in [2.24, 2.45) is 5.92 Å². The van der Waals surface area contributed by atoms with Crippen LogP contribution in [0, 0.1) is 5.92 Å². The van der Waals surface area contributed by atoms with Gasteiger partial charge in [-0.25, -0.2) is 0 Å². The molecule has 0 N–H and O–H groups in total. The normalized spacial score (nSPS) is 24.0. The summed E-state index contributed by atoms with van der Waals surface area (Å²) in [5.74, 6) is -0.441. The smallest absolute Gasteiger partial charge is 0.367 e. The van der Waals surface area contributed by atoms with E-state index in [4.69, 9.17) is 4.74 Å². The molecule has 0 aromatic heterocycles. The topological polar surface area (TPSA) is 15.7 Å². The van der Waals surface area contributed by atoms with E-state index in [0.29, 0.717) is 25.9 Å². The van der Waals surface area contributed by atoms with Crippen LogP contribution >= 0.6 is 0 Å². The zero-order chi connectivity index (χ0) is 20.3. The second-order valence-corrected chi connectivity index (χ2v) is 9.98. The highest BCUT2D eigenvalue weighted by molar-refractivity contribution is 4.89. The van der Waals surface area contributed by atoms with Crippen LogP contribution < -0.4 is 0 Å². The number of alkyl halides is 3. The molecule has 0 aromatic rings. The molecule has 1 atom stereocenters. The molecule has 160 valence electrons. The van der Waals surface area contributed by atoms with Gasteiger partial charge in [0.05, 0.1) is 6.61 Å². The molecule has 2 aliphatic rings. The quantitative estimate of drug-likeness (QED) is 0.647. The lowest BCUT2D eigenvalue weighted by Crippen LogP contribution is -2.53. The molecule has 0 aliphatic carbocycles. The minimum atomic E-state index is -4.30. The third kappa shape index (κ3) is 6.60. The predicted molar refractivity (Wildman–Crippen MR) is 104 cm³/mol. The molecule has 0 radical (unpaired) electrons. The molecule has 2 aliphatic heterocycles. The zero-order valence-corrected chi connectivity index (χ0v) is 17.9. The summed E-state index contributed by atoms with van der Waals surface area (Å²) in [6, 6.07) is 0. The summed E-state index contributed by atoms with van der Waals surface area (Å²) >= 11 is 0. The van der Waals surface area contributed by atoms with Crippen molar-refractivity contribution < 1.29 is 17.9 Å². The molecular weight excluding hydrogens is 353 g/mol. The molecule has 1 unspecified atom stereocenters. The number of hydrogen-bond acceptors (Lipinski definition) is 3. The highest BCUT2D eigenvalue weighted by atomic mass is 19.4. The molecule has 2 fully saturated rings. The van der Waals surface area contributed by atoms with Gasteiger partial charge >= 0.3 is 6.18 Å². The highest BCUT2D eigenvalue weighted by Gasteiger charge is 2.47. The first-order chi connectivity index (χ1) is 12.4. The van der Waals surface area contributed by atoms with E-state index < -0.39 is 18.2 Å². The van der Waals surface area contributed by atoms with E-state index in [1.165, 1.54) is 12.8 Å². The van der Waals surface area contributed by atoms with Crippen molar-refractivity contribution in [2.45, 2.75) is 96.5 Å². The van der Waals surface area contributed by atoms with Crippen LogP contribution in [0.5, 0.6) is 0 Å². The van der Waals surface area contributed by atoms with Crippen molar-refractivity contribution in [3.05, 3.63) is 0 Å². The second kappa shape index (κ2) is 9.00. The van der Waals surface area contributed by atoms with Gasteiger partial charge in [-0.2, -0.15) is 13.2 Å². The number of halogens is 3. The Morgan fingerprint density at radius 3 is 1.78 bits per heavy atom. The summed E-state index contributed by atoms with van der Waals surface area (Å²) in [4.78, 5) is 4.59. The Kier molecular flexibility index (Phi) is 7.65. The Hall–Kier alpha value is -0.330.